The summed E-state index contributed by atoms with van der Waals surface area (Å²) in [5.41, 5.74) is 2.23. The van der Waals surface area contributed by atoms with Crippen LogP contribution in [0.1, 0.15) is 0 Å². The number of fused-ring (bicyclic) bond motifs is 3. The lowest BCUT2D eigenvalue weighted by atomic mass is 10.2. The molecule has 0 saturated heterocycles. The van der Waals surface area contributed by atoms with Crippen molar-refractivity contribution in [1.29, 1.82) is 0 Å². The number of ether oxygens (including phenoxy) is 1. The summed E-state index contributed by atoms with van der Waals surface area (Å²) in [6.07, 6.45) is 0. The summed E-state index contributed by atoms with van der Waals surface area (Å²) >= 11 is 5.17. The molecule has 3 aromatic rings. The molecule has 0 aliphatic carbocycles. The predicted octanol–water partition coefficient (Wildman–Crippen LogP) is 2.10. The van der Waals surface area contributed by atoms with Gasteiger partial charge in [0.25, 0.3) is 5.56 Å². The maximum atomic E-state index is 12.3. The van der Waals surface area contributed by atoms with Crippen LogP contribution >= 0.6 is 12.2 Å². The molecular weight excluding hydrogens is 262 g/mol. The third-order valence-corrected chi connectivity index (χ3v) is 3.83. The molecule has 6 heteroatoms. The SMILES string of the molecule is COc1ccc2c(c1)c1[nH]c(=S)n(C)c(=O)c1n2C. The van der Waals surface area contributed by atoms with Gasteiger partial charge in [-0.3, -0.25) is 9.36 Å². The van der Waals surface area contributed by atoms with E-state index in [1.807, 2.05) is 29.8 Å². The number of methoxy groups -OCH3 is 1. The highest BCUT2D eigenvalue weighted by atomic mass is 32.1. The fourth-order valence-electron chi connectivity index (χ4n) is 2.37. The Hall–Kier alpha value is -2.08. The third-order valence-electron chi connectivity index (χ3n) is 3.45. The van der Waals surface area contributed by atoms with Crippen molar-refractivity contribution in [2.75, 3.05) is 7.11 Å². The molecule has 0 aliphatic heterocycles. The van der Waals surface area contributed by atoms with Crippen LogP contribution in [0.25, 0.3) is 21.9 Å². The zero-order chi connectivity index (χ0) is 13.7. The fraction of sp³-hybridized carbons (Fsp3) is 0.231. The van der Waals surface area contributed by atoms with Gasteiger partial charge in [-0.2, -0.15) is 0 Å². The van der Waals surface area contributed by atoms with E-state index in [4.69, 9.17) is 17.0 Å². The number of hydrogen-bond donors (Lipinski definition) is 1. The Morgan fingerprint density at radius 2 is 2.00 bits per heavy atom. The molecule has 19 heavy (non-hydrogen) atoms. The van der Waals surface area contributed by atoms with Crippen molar-refractivity contribution in [3.63, 3.8) is 0 Å². The summed E-state index contributed by atoms with van der Waals surface area (Å²) in [6, 6.07) is 5.72. The van der Waals surface area contributed by atoms with E-state index in [0.717, 1.165) is 22.2 Å². The zero-order valence-electron chi connectivity index (χ0n) is 10.9. The van der Waals surface area contributed by atoms with E-state index in [1.165, 1.54) is 4.57 Å². The van der Waals surface area contributed by atoms with Gasteiger partial charge in [0, 0.05) is 19.5 Å². The number of aryl methyl sites for hydroxylation is 1. The quantitative estimate of drug-likeness (QED) is 0.692. The first-order chi connectivity index (χ1) is 9.04. The highest BCUT2D eigenvalue weighted by Crippen LogP contribution is 2.27. The maximum Gasteiger partial charge on any atom is 0.278 e. The third kappa shape index (κ3) is 1.53. The highest BCUT2D eigenvalue weighted by Gasteiger charge is 2.13. The van der Waals surface area contributed by atoms with Crippen LogP contribution in [0.4, 0.5) is 0 Å². The molecule has 0 saturated carbocycles. The number of hydrogen-bond acceptors (Lipinski definition) is 3. The molecule has 1 N–H and O–H groups in total. The smallest absolute Gasteiger partial charge is 0.278 e. The Labute approximate surface area is 114 Å². The molecule has 0 aliphatic rings. The van der Waals surface area contributed by atoms with Gasteiger partial charge in [-0.15, -0.1) is 0 Å². The first-order valence-electron chi connectivity index (χ1n) is 5.80. The van der Waals surface area contributed by atoms with Crippen LogP contribution in [0.5, 0.6) is 5.75 Å². The lowest BCUT2D eigenvalue weighted by Gasteiger charge is -2.00. The standard InChI is InChI=1S/C13H13N3O2S/c1-15-9-5-4-7(18-3)6-8(9)10-11(15)12(17)16(2)13(19)14-10/h4-6H,1-3H3,(H,14,19). The van der Waals surface area contributed by atoms with Crippen LogP contribution in [-0.4, -0.2) is 21.2 Å². The van der Waals surface area contributed by atoms with Crippen LogP contribution < -0.4 is 10.3 Å². The van der Waals surface area contributed by atoms with E-state index in [0.29, 0.717) is 10.3 Å². The van der Waals surface area contributed by atoms with E-state index < -0.39 is 0 Å². The normalized spacial score (nSPS) is 11.3. The monoisotopic (exact) mass is 275 g/mol. The fourth-order valence-corrected chi connectivity index (χ4v) is 2.55. The molecule has 98 valence electrons. The summed E-state index contributed by atoms with van der Waals surface area (Å²) in [5.74, 6) is 0.750. The van der Waals surface area contributed by atoms with Crippen LogP contribution in [0, 0.1) is 4.77 Å². The number of nitrogens with one attached hydrogen (secondary N) is 1. The van der Waals surface area contributed by atoms with Gasteiger partial charge in [0.05, 0.1) is 18.1 Å². The van der Waals surface area contributed by atoms with Gasteiger partial charge in [-0.25, -0.2) is 0 Å². The van der Waals surface area contributed by atoms with Crippen molar-refractivity contribution in [1.82, 2.24) is 14.1 Å². The largest absolute Gasteiger partial charge is 0.497 e. The number of rotatable bonds is 1. The van der Waals surface area contributed by atoms with E-state index in [-0.39, 0.29) is 5.56 Å². The van der Waals surface area contributed by atoms with Crippen molar-refractivity contribution in [3.8, 4) is 5.75 Å². The molecule has 0 spiro atoms. The van der Waals surface area contributed by atoms with Gasteiger partial charge in [0.1, 0.15) is 11.3 Å². The topological polar surface area (TPSA) is 51.9 Å². The number of H-pyrrole nitrogens is 1. The maximum absolute atomic E-state index is 12.3. The molecule has 0 unspecified atom stereocenters. The lowest BCUT2D eigenvalue weighted by molar-refractivity contribution is 0.415. The van der Waals surface area contributed by atoms with Gasteiger partial charge in [0.15, 0.2) is 4.77 Å². The van der Waals surface area contributed by atoms with Crippen molar-refractivity contribution in [3.05, 3.63) is 33.3 Å². The lowest BCUT2D eigenvalue weighted by Crippen LogP contribution is -2.20. The molecule has 5 nitrogen and oxygen atoms in total. The highest BCUT2D eigenvalue weighted by molar-refractivity contribution is 7.71. The average molecular weight is 275 g/mol. The Balaban J connectivity index is 2.65. The van der Waals surface area contributed by atoms with Crippen LogP contribution in [0.15, 0.2) is 23.0 Å². The first kappa shape index (κ1) is 12.0. The summed E-state index contributed by atoms with van der Waals surface area (Å²) < 4.78 is 8.95. The van der Waals surface area contributed by atoms with Crippen LogP contribution in [0.3, 0.4) is 0 Å². The summed E-state index contributed by atoms with van der Waals surface area (Å²) in [5, 5.41) is 0.931. The Bertz CT molecular complexity index is 917. The molecule has 1 aromatic carbocycles. The predicted molar refractivity (Wildman–Crippen MR) is 77.4 cm³/mol. The minimum Gasteiger partial charge on any atom is -0.497 e. The van der Waals surface area contributed by atoms with E-state index in [2.05, 4.69) is 4.98 Å². The van der Waals surface area contributed by atoms with Crippen molar-refractivity contribution in [2.24, 2.45) is 14.1 Å². The molecule has 0 amide bonds. The zero-order valence-corrected chi connectivity index (χ0v) is 11.7. The second-order valence-electron chi connectivity index (χ2n) is 4.46. The molecular formula is C13H13N3O2S. The number of aromatic nitrogens is 3. The number of benzene rings is 1. The molecule has 3 rings (SSSR count). The Kier molecular flexibility index (Phi) is 2.50. The first-order valence-corrected chi connectivity index (χ1v) is 6.21. The van der Waals surface area contributed by atoms with Crippen LogP contribution in [0.2, 0.25) is 0 Å². The molecule has 0 radical (unpaired) electrons. The van der Waals surface area contributed by atoms with Crippen molar-refractivity contribution >= 4 is 34.2 Å². The average Bonchev–Trinajstić information content (AvgIpc) is 2.69. The molecule has 2 aromatic heterocycles. The van der Waals surface area contributed by atoms with Crippen molar-refractivity contribution < 1.29 is 4.74 Å². The molecule has 2 heterocycles. The second kappa shape index (κ2) is 3.96. The van der Waals surface area contributed by atoms with Gasteiger partial charge in [-0.1, -0.05) is 0 Å². The second-order valence-corrected chi connectivity index (χ2v) is 4.85. The van der Waals surface area contributed by atoms with Gasteiger partial charge < -0.3 is 14.3 Å². The van der Waals surface area contributed by atoms with E-state index in [1.54, 1.807) is 14.2 Å². The molecule has 0 atom stereocenters. The Morgan fingerprint density at radius 3 is 2.68 bits per heavy atom. The minimum absolute atomic E-state index is 0.101. The van der Waals surface area contributed by atoms with E-state index >= 15 is 0 Å². The van der Waals surface area contributed by atoms with E-state index in [9.17, 15) is 4.79 Å². The Morgan fingerprint density at radius 1 is 1.26 bits per heavy atom. The summed E-state index contributed by atoms with van der Waals surface area (Å²) in [4.78, 5) is 15.4. The van der Waals surface area contributed by atoms with Crippen LogP contribution in [-0.2, 0) is 14.1 Å². The molecule has 0 bridgehead atoms. The van der Waals surface area contributed by atoms with Gasteiger partial charge in [0.2, 0.25) is 0 Å². The van der Waals surface area contributed by atoms with Gasteiger partial charge in [-0.05, 0) is 30.4 Å². The van der Waals surface area contributed by atoms with Crippen molar-refractivity contribution in [2.45, 2.75) is 0 Å². The number of aromatic amines is 1. The van der Waals surface area contributed by atoms with Gasteiger partial charge >= 0.3 is 0 Å². The number of nitrogens with zero attached hydrogens (tertiary/aromatic N) is 2. The summed E-state index contributed by atoms with van der Waals surface area (Å²) in [6.45, 7) is 0. The summed E-state index contributed by atoms with van der Waals surface area (Å²) in [7, 11) is 5.15. The minimum atomic E-state index is -0.101. The molecule has 0 fully saturated rings.